The molecule has 6 heteroatoms. The molecule has 0 bridgehead atoms. The van der Waals surface area contributed by atoms with Gasteiger partial charge in [-0.15, -0.1) is 0 Å². The Hall–Kier alpha value is -3.58. The average Bonchev–Trinajstić information content (AvgIpc) is 3.08. The Morgan fingerprint density at radius 1 is 0.558 bits per heavy atom. The van der Waals surface area contributed by atoms with Crippen LogP contribution in [-0.2, 0) is 20.4 Å². The summed E-state index contributed by atoms with van der Waals surface area (Å²) in [5.41, 5.74) is 6.40. The minimum atomic E-state index is 0.0621. The molecule has 2 heterocycles. The molecule has 0 unspecified atom stereocenters. The third-order valence-corrected chi connectivity index (χ3v) is 8.66. The second-order valence-corrected chi connectivity index (χ2v) is 13.0. The van der Waals surface area contributed by atoms with Crippen molar-refractivity contribution in [1.29, 1.82) is 0 Å². The Bertz CT molecular complexity index is 1280. The first-order valence-corrected chi connectivity index (χ1v) is 17.0. The lowest BCUT2D eigenvalue weighted by Crippen LogP contribution is -2.36. The molecule has 4 aromatic carbocycles. The quantitative estimate of drug-likeness (QED) is 0.187. The first-order valence-electron chi connectivity index (χ1n) is 15.0. The lowest BCUT2D eigenvalue weighted by atomic mass is 10.0. The van der Waals surface area contributed by atoms with Gasteiger partial charge in [0.05, 0.1) is 26.4 Å². The second-order valence-electron chi connectivity index (χ2n) is 10.9. The molecule has 2 aliphatic rings. The zero-order valence-corrected chi connectivity index (χ0v) is 26.8. The number of ketones is 1. The Morgan fingerprint density at radius 3 is 1.26 bits per heavy atom. The smallest absolute Gasteiger partial charge is 0.193 e. The van der Waals surface area contributed by atoms with E-state index in [1.54, 1.807) is 0 Å². The molecule has 5 nitrogen and oxygen atoms in total. The van der Waals surface area contributed by atoms with Gasteiger partial charge in [0.25, 0.3) is 0 Å². The van der Waals surface area contributed by atoms with E-state index in [0.29, 0.717) is 10.9 Å². The number of aryl methyl sites for hydroxylation is 2. The number of morpholine rings is 2. The summed E-state index contributed by atoms with van der Waals surface area (Å²) in [6, 6.07) is 34.8. The fraction of sp³-hybridized carbons (Fsp3) is 0.324. The van der Waals surface area contributed by atoms with Crippen LogP contribution in [0.25, 0.3) is 0 Å². The van der Waals surface area contributed by atoms with E-state index in [1.807, 2.05) is 48.5 Å². The zero-order chi connectivity index (χ0) is 30.4. The highest BCUT2D eigenvalue weighted by Gasteiger charge is 2.15. The van der Waals surface area contributed by atoms with Crippen molar-refractivity contribution in [2.75, 3.05) is 74.9 Å². The minimum absolute atomic E-state index is 0.0621. The molecule has 226 valence electrons. The minimum Gasteiger partial charge on any atom is -0.378 e. The number of hydrogen-bond donors (Lipinski definition) is 0. The van der Waals surface area contributed by atoms with Gasteiger partial charge in [-0.1, -0.05) is 53.6 Å². The molecule has 2 fully saturated rings. The number of ether oxygens (including phenoxy) is 2. The molecular formula is C37H45N2O3S+. The lowest BCUT2D eigenvalue weighted by Gasteiger charge is -2.29. The van der Waals surface area contributed by atoms with Crippen molar-refractivity contribution in [2.45, 2.75) is 18.7 Å². The third kappa shape index (κ3) is 10.3. The normalized spacial score (nSPS) is 14.7. The number of rotatable bonds is 5. The Morgan fingerprint density at radius 2 is 0.930 bits per heavy atom. The van der Waals surface area contributed by atoms with Gasteiger partial charge in [-0.05, 0) is 74.5 Å². The maximum Gasteiger partial charge on any atom is 0.193 e. The summed E-state index contributed by atoms with van der Waals surface area (Å²) in [5, 5.41) is 0. The molecular weight excluding hydrogens is 552 g/mol. The van der Waals surface area contributed by atoms with E-state index in [9.17, 15) is 4.79 Å². The van der Waals surface area contributed by atoms with Gasteiger partial charge in [-0.25, -0.2) is 0 Å². The second kappa shape index (κ2) is 16.9. The van der Waals surface area contributed by atoms with Crippen LogP contribution in [0.5, 0.6) is 0 Å². The number of carbonyl (C=O) groups is 1. The summed E-state index contributed by atoms with van der Waals surface area (Å²) < 4.78 is 10.8. The van der Waals surface area contributed by atoms with E-state index < -0.39 is 0 Å². The molecule has 4 aromatic rings. The number of hydrogen-bond acceptors (Lipinski definition) is 5. The molecule has 0 N–H and O–H groups in total. The predicted octanol–water partition coefficient (Wildman–Crippen LogP) is 6.82. The Labute approximate surface area is 260 Å². The van der Waals surface area contributed by atoms with Crippen LogP contribution in [0.2, 0.25) is 0 Å². The van der Waals surface area contributed by atoms with Gasteiger partial charge in [0.15, 0.2) is 10.7 Å². The number of benzene rings is 4. The van der Waals surface area contributed by atoms with Crippen molar-refractivity contribution in [3.05, 3.63) is 125 Å². The SMILES string of the molecule is C[S+](C)c1ccccc1.Cc1ccc(C)cc1.O=C(c1ccc(N2CCOCC2)cc1)c1ccc(N2CCOCC2)cc1. The van der Waals surface area contributed by atoms with E-state index in [4.69, 9.17) is 9.47 Å². The Kier molecular flexibility index (Phi) is 12.7. The monoisotopic (exact) mass is 597 g/mol. The van der Waals surface area contributed by atoms with Crippen LogP contribution in [0.3, 0.4) is 0 Å². The van der Waals surface area contributed by atoms with Gasteiger partial charge < -0.3 is 19.3 Å². The van der Waals surface area contributed by atoms with Crippen LogP contribution in [0.1, 0.15) is 27.0 Å². The maximum absolute atomic E-state index is 12.8. The predicted molar refractivity (Wildman–Crippen MR) is 182 cm³/mol. The molecule has 0 saturated carbocycles. The number of nitrogens with zero attached hydrogens (tertiary/aromatic N) is 2. The molecule has 0 amide bonds. The summed E-state index contributed by atoms with van der Waals surface area (Å²) in [4.78, 5) is 18.8. The van der Waals surface area contributed by atoms with Crippen molar-refractivity contribution in [2.24, 2.45) is 0 Å². The van der Waals surface area contributed by atoms with Gasteiger partial charge in [-0.3, -0.25) is 4.79 Å². The van der Waals surface area contributed by atoms with E-state index >= 15 is 0 Å². The highest BCUT2D eigenvalue weighted by molar-refractivity contribution is 7.95. The van der Waals surface area contributed by atoms with Gasteiger partial charge >= 0.3 is 0 Å². The molecule has 0 spiro atoms. The summed E-state index contributed by atoms with van der Waals surface area (Å²) in [6.45, 7) is 10.8. The van der Waals surface area contributed by atoms with Crippen molar-refractivity contribution >= 4 is 28.1 Å². The standard InChI is InChI=1S/C21H24N2O3.C8H11S.C8H10/c24-21(17-1-5-19(6-2-17)22-9-13-25-14-10-22)18-3-7-20(8-4-18)23-11-15-26-16-12-23;1-9(2)8-6-4-3-5-7-8;1-7-3-5-8(2)6-4-7/h1-8H,9-16H2;3-7H,1-2H3;3-6H,1-2H3/q;+1;. The van der Waals surface area contributed by atoms with Crippen LogP contribution >= 0.6 is 0 Å². The van der Waals surface area contributed by atoms with E-state index in [0.717, 1.165) is 75.1 Å². The molecule has 0 atom stereocenters. The van der Waals surface area contributed by atoms with Crippen LogP contribution < -0.4 is 9.80 Å². The van der Waals surface area contributed by atoms with Crippen molar-refractivity contribution in [1.82, 2.24) is 0 Å². The van der Waals surface area contributed by atoms with Gasteiger partial charge in [0.1, 0.15) is 12.5 Å². The molecule has 2 aliphatic heterocycles. The molecule has 6 rings (SSSR count). The average molecular weight is 598 g/mol. The highest BCUT2D eigenvalue weighted by Crippen LogP contribution is 2.21. The number of anilines is 2. The largest absolute Gasteiger partial charge is 0.378 e. The maximum atomic E-state index is 12.8. The molecule has 0 radical (unpaired) electrons. The Balaban J connectivity index is 0.000000202. The van der Waals surface area contributed by atoms with Gasteiger partial charge in [0, 0.05) is 59.6 Å². The third-order valence-electron chi connectivity index (χ3n) is 7.44. The van der Waals surface area contributed by atoms with Crippen LogP contribution in [0, 0.1) is 13.8 Å². The zero-order valence-electron chi connectivity index (χ0n) is 26.0. The van der Waals surface area contributed by atoms with Gasteiger partial charge in [-0.2, -0.15) is 0 Å². The van der Waals surface area contributed by atoms with Crippen molar-refractivity contribution < 1.29 is 14.3 Å². The first kappa shape index (κ1) is 32.3. The fourth-order valence-corrected chi connectivity index (χ4v) is 5.49. The van der Waals surface area contributed by atoms with Crippen LogP contribution in [0.4, 0.5) is 11.4 Å². The topological polar surface area (TPSA) is 42.0 Å². The highest BCUT2D eigenvalue weighted by atomic mass is 32.2. The van der Waals surface area contributed by atoms with E-state index in [-0.39, 0.29) is 5.78 Å². The van der Waals surface area contributed by atoms with Gasteiger partial charge in [0.2, 0.25) is 0 Å². The van der Waals surface area contributed by atoms with Crippen molar-refractivity contribution in [3.8, 4) is 0 Å². The summed E-state index contributed by atoms with van der Waals surface area (Å²) >= 11 is 0. The van der Waals surface area contributed by atoms with Crippen LogP contribution in [-0.4, -0.2) is 70.9 Å². The van der Waals surface area contributed by atoms with E-state index in [1.165, 1.54) is 16.0 Å². The lowest BCUT2D eigenvalue weighted by molar-refractivity contribution is 0.103. The van der Waals surface area contributed by atoms with Crippen molar-refractivity contribution in [3.63, 3.8) is 0 Å². The summed E-state index contributed by atoms with van der Waals surface area (Å²) in [6.07, 6.45) is 4.46. The van der Waals surface area contributed by atoms with Crippen LogP contribution in [0.15, 0.2) is 108 Å². The molecule has 43 heavy (non-hydrogen) atoms. The molecule has 0 aromatic heterocycles. The summed E-state index contributed by atoms with van der Waals surface area (Å²) in [5.74, 6) is 0.0621. The summed E-state index contributed by atoms with van der Waals surface area (Å²) in [7, 11) is 0.421. The van der Waals surface area contributed by atoms with E-state index in [2.05, 4.69) is 90.8 Å². The fourth-order valence-electron chi connectivity index (χ4n) is 4.79. The number of carbonyl (C=O) groups excluding carboxylic acids is 1. The molecule has 2 saturated heterocycles. The molecule has 0 aliphatic carbocycles. The first-order chi connectivity index (χ1) is 20.9.